The molecule has 2 amide bonds. The fraction of sp³-hybridized carbons (Fsp3) is 0.263. The SMILES string of the molecule is CS(=O)(=O)CC[C@@H](NC(=O)c1ccccc1)C(=O)NCc1ccc(F)cc1. The Morgan fingerprint density at radius 1 is 1.04 bits per heavy atom. The maximum absolute atomic E-state index is 12.9. The summed E-state index contributed by atoms with van der Waals surface area (Å²) in [4.78, 5) is 24.8. The Balaban J connectivity index is 2.04. The number of nitrogens with one attached hydrogen (secondary N) is 2. The molecule has 6 nitrogen and oxygen atoms in total. The third-order valence-corrected chi connectivity index (χ3v) is 4.79. The van der Waals surface area contributed by atoms with Gasteiger partial charge in [0.15, 0.2) is 0 Å². The lowest BCUT2D eigenvalue weighted by atomic mass is 10.1. The minimum Gasteiger partial charge on any atom is -0.350 e. The van der Waals surface area contributed by atoms with Crippen molar-refractivity contribution in [2.45, 2.75) is 19.0 Å². The van der Waals surface area contributed by atoms with Crippen LogP contribution in [0.1, 0.15) is 22.3 Å². The molecule has 0 aliphatic heterocycles. The molecule has 2 N–H and O–H groups in total. The Labute approximate surface area is 157 Å². The maximum atomic E-state index is 12.9. The molecule has 0 fully saturated rings. The van der Waals surface area contributed by atoms with Gasteiger partial charge < -0.3 is 10.6 Å². The first-order valence-corrected chi connectivity index (χ1v) is 10.4. The van der Waals surface area contributed by atoms with Crippen LogP contribution in [0.15, 0.2) is 54.6 Å². The Morgan fingerprint density at radius 3 is 2.26 bits per heavy atom. The van der Waals surface area contributed by atoms with Crippen LogP contribution in [0.25, 0.3) is 0 Å². The van der Waals surface area contributed by atoms with E-state index in [4.69, 9.17) is 0 Å². The van der Waals surface area contributed by atoms with Crippen LogP contribution in [-0.2, 0) is 21.2 Å². The number of sulfone groups is 1. The molecule has 27 heavy (non-hydrogen) atoms. The lowest BCUT2D eigenvalue weighted by Crippen LogP contribution is -2.47. The van der Waals surface area contributed by atoms with Crippen molar-refractivity contribution in [2.24, 2.45) is 0 Å². The zero-order valence-electron chi connectivity index (χ0n) is 14.8. The monoisotopic (exact) mass is 392 g/mol. The summed E-state index contributed by atoms with van der Waals surface area (Å²) >= 11 is 0. The number of halogens is 1. The van der Waals surface area contributed by atoms with Crippen LogP contribution in [0.4, 0.5) is 4.39 Å². The van der Waals surface area contributed by atoms with E-state index < -0.39 is 27.7 Å². The average molecular weight is 392 g/mol. The van der Waals surface area contributed by atoms with Crippen molar-refractivity contribution >= 4 is 21.7 Å². The van der Waals surface area contributed by atoms with Gasteiger partial charge in [-0.3, -0.25) is 9.59 Å². The van der Waals surface area contributed by atoms with E-state index in [0.29, 0.717) is 11.1 Å². The molecule has 0 saturated heterocycles. The number of carbonyl (C=O) groups excluding carboxylic acids is 2. The molecule has 2 aromatic carbocycles. The molecule has 0 aliphatic carbocycles. The highest BCUT2D eigenvalue weighted by atomic mass is 32.2. The predicted molar refractivity (Wildman–Crippen MR) is 100 cm³/mol. The summed E-state index contributed by atoms with van der Waals surface area (Å²) in [6, 6.07) is 12.9. The zero-order chi connectivity index (χ0) is 19.9. The first-order valence-electron chi connectivity index (χ1n) is 8.30. The van der Waals surface area contributed by atoms with Crippen LogP contribution in [0.3, 0.4) is 0 Å². The summed E-state index contributed by atoms with van der Waals surface area (Å²) < 4.78 is 35.8. The van der Waals surface area contributed by atoms with Crippen molar-refractivity contribution in [3.63, 3.8) is 0 Å². The molecule has 0 radical (unpaired) electrons. The first kappa shape index (κ1) is 20.6. The number of carbonyl (C=O) groups is 2. The Kier molecular flexibility index (Phi) is 7.06. The van der Waals surface area contributed by atoms with Gasteiger partial charge in [0.1, 0.15) is 21.7 Å². The quantitative estimate of drug-likeness (QED) is 0.715. The lowest BCUT2D eigenvalue weighted by Gasteiger charge is -2.18. The van der Waals surface area contributed by atoms with E-state index in [1.807, 2.05) is 0 Å². The van der Waals surface area contributed by atoms with Crippen LogP contribution >= 0.6 is 0 Å². The van der Waals surface area contributed by atoms with Gasteiger partial charge in [0, 0.05) is 18.4 Å². The van der Waals surface area contributed by atoms with Crippen molar-refractivity contribution in [1.29, 1.82) is 0 Å². The van der Waals surface area contributed by atoms with Crippen LogP contribution < -0.4 is 10.6 Å². The highest BCUT2D eigenvalue weighted by Crippen LogP contribution is 2.05. The molecule has 0 spiro atoms. The van der Waals surface area contributed by atoms with Crippen LogP contribution in [0.5, 0.6) is 0 Å². The van der Waals surface area contributed by atoms with E-state index in [2.05, 4.69) is 10.6 Å². The average Bonchev–Trinajstić information content (AvgIpc) is 2.64. The first-order chi connectivity index (χ1) is 12.7. The molecule has 0 saturated carbocycles. The molecule has 0 heterocycles. The molecular formula is C19H21FN2O4S. The van der Waals surface area contributed by atoms with Gasteiger partial charge in [-0.25, -0.2) is 12.8 Å². The second-order valence-electron chi connectivity index (χ2n) is 6.15. The van der Waals surface area contributed by atoms with E-state index in [0.717, 1.165) is 6.26 Å². The second kappa shape index (κ2) is 9.27. The van der Waals surface area contributed by atoms with Crippen molar-refractivity contribution in [3.8, 4) is 0 Å². The van der Waals surface area contributed by atoms with Crippen molar-refractivity contribution in [1.82, 2.24) is 10.6 Å². The van der Waals surface area contributed by atoms with Gasteiger partial charge in [0.25, 0.3) is 5.91 Å². The van der Waals surface area contributed by atoms with Crippen LogP contribution in [-0.4, -0.2) is 38.3 Å². The fourth-order valence-electron chi connectivity index (χ4n) is 2.35. The van der Waals surface area contributed by atoms with E-state index in [9.17, 15) is 22.4 Å². The van der Waals surface area contributed by atoms with Gasteiger partial charge in [-0.15, -0.1) is 0 Å². The van der Waals surface area contributed by atoms with Gasteiger partial charge in [-0.2, -0.15) is 0 Å². The topological polar surface area (TPSA) is 92.3 Å². The summed E-state index contributed by atoms with van der Waals surface area (Å²) in [5.41, 5.74) is 1.05. The van der Waals surface area contributed by atoms with Gasteiger partial charge in [0.2, 0.25) is 5.91 Å². The van der Waals surface area contributed by atoms with Crippen LogP contribution in [0.2, 0.25) is 0 Å². The van der Waals surface area contributed by atoms with E-state index >= 15 is 0 Å². The summed E-state index contributed by atoms with van der Waals surface area (Å²) in [7, 11) is -3.30. The predicted octanol–water partition coefficient (Wildman–Crippen LogP) is 1.68. The summed E-state index contributed by atoms with van der Waals surface area (Å²) in [6.45, 7) is 0.135. The molecule has 0 bridgehead atoms. The molecule has 0 aromatic heterocycles. The number of amides is 2. The molecule has 2 aromatic rings. The molecule has 1 atom stereocenters. The zero-order valence-corrected chi connectivity index (χ0v) is 15.6. The number of hydrogen-bond donors (Lipinski definition) is 2. The second-order valence-corrected chi connectivity index (χ2v) is 8.41. The third kappa shape index (κ3) is 7.18. The minimum atomic E-state index is -3.30. The smallest absolute Gasteiger partial charge is 0.251 e. The number of benzene rings is 2. The molecular weight excluding hydrogens is 371 g/mol. The van der Waals surface area contributed by atoms with Crippen molar-refractivity contribution in [2.75, 3.05) is 12.0 Å². The Morgan fingerprint density at radius 2 is 1.67 bits per heavy atom. The lowest BCUT2D eigenvalue weighted by molar-refractivity contribution is -0.123. The summed E-state index contributed by atoms with van der Waals surface area (Å²) in [6.07, 6.45) is 1.02. The van der Waals surface area contributed by atoms with Crippen LogP contribution in [0, 0.1) is 5.82 Å². The molecule has 0 aliphatic rings. The van der Waals surface area contributed by atoms with E-state index in [-0.39, 0.29) is 24.5 Å². The normalized spacial score (nSPS) is 12.2. The fourth-order valence-corrected chi connectivity index (χ4v) is 3.01. The molecule has 144 valence electrons. The Bertz CT molecular complexity index is 884. The minimum absolute atomic E-state index is 0.0490. The summed E-state index contributed by atoms with van der Waals surface area (Å²) in [5.74, 6) is -1.60. The van der Waals surface area contributed by atoms with E-state index in [1.54, 1.807) is 30.3 Å². The van der Waals surface area contributed by atoms with Crippen molar-refractivity contribution < 1.29 is 22.4 Å². The van der Waals surface area contributed by atoms with E-state index in [1.165, 1.54) is 24.3 Å². The highest BCUT2D eigenvalue weighted by molar-refractivity contribution is 7.90. The largest absolute Gasteiger partial charge is 0.350 e. The standard InChI is InChI=1S/C19H21FN2O4S/c1-27(25,26)12-11-17(22-18(23)15-5-3-2-4-6-15)19(24)21-13-14-7-9-16(20)10-8-14/h2-10,17H,11-13H2,1H3,(H,21,24)(H,22,23)/t17-/m1/s1. The van der Waals surface area contributed by atoms with Gasteiger partial charge in [-0.1, -0.05) is 30.3 Å². The maximum Gasteiger partial charge on any atom is 0.251 e. The number of rotatable bonds is 8. The third-order valence-electron chi connectivity index (χ3n) is 3.82. The molecule has 8 heteroatoms. The summed E-state index contributed by atoms with van der Waals surface area (Å²) in [5, 5.41) is 5.22. The molecule has 2 rings (SSSR count). The number of hydrogen-bond acceptors (Lipinski definition) is 4. The van der Waals surface area contributed by atoms with Gasteiger partial charge >= 0.3 is 0 Å². The highest BCUT2D eigenvalue weighted by Gasteiger charge is 2.22. The van der Waals surface area contributed by atoms with Gasteiger partial charge in [-0.05, 0) is 36.2 Å². The molecule has 0 unspecified atom stereocenters. The van der Waals surface area contributed by atoms with Crippen molar-refractivity contribution in [3.05, 3.63) is 71.5 Å². The van der Waals surface area contributed by atoms with Gasteiger partial charge in [0.05, 0.1) is 5.75 Å². The Hall–Kier alpha value is -2.74.